The molecule has 1 aromatic heterocycles. The summed E-state index contributed by atoms with van der Waals surface area (Å²) in [5.41, 5.74) is 3.96. The fraction of sp³-hybridized carbons (Fsp3) is 0.118. The normalized spacial score (nSPS) is 10.4. The highest BCUT2D eigenvalue weighted by molar-refractivity contribution is 8.00. The predicted octanol–water partition coefficient (Wildman–Crippen LogP) is 5.14. The molecule has 2 aromatic carbocycles. The summed E-state index contributed by atoms with van der Waals surface area (Å²) in [7, 11) is 0. The Balaban J connectivity index is 1.80. The average molecular weight is 356 g/mol. The molecule has 3 aromatic rings. The van der Waals surface area contributed by atoms with Gasteiger partial charge in [0.1, 0.15) is 0 Å². The number of aryl methyl sites for hydroxylation is 1. The summed E-state index contributed by atoms with van der Waals surface area (Å²) in [5, 5.41) is 13.6. The molecule has 0 aliphatic heterocycles. The molecule has 114 valence electrons. The molecule has 0 saturated carbocycles. The highest BCUT2D eigenvalue weighted by atomic mass is 32.2. The Bertz CT molecular complexity index is 934. The molecule has 0 saturated heterocycles. The maximum absolute atomic E-state index is 8.95. The van der Waals surface area contributed by atoms with Gasteiger partial charge in [0, 0.05) is 5.75 Å². The predicted molar refractivity (Wildman–Crippen MR) is 97.7 cm³/mol. The lowest BCUT2D eigenvalue weighted by Gasteiger charge is -2.04. The molecular weight excluding hydrogens is 342 g/mol. The Morgan fingerprint density at radius 3 is 2.87 bits per heavy atom. The van der Waals surface area contributed by atoms with Crippen LogP contribution in [0.15, 0.2) is 52.9 Å². The lowest BCUT2D eigenvalue weighted by molar-refractivity contribution is 0.823. The second-order valence-electron chi connectivity index (χ2n) is 4.93. The zero-order valence-corrected chi connectivity index (χ0v) is 14.8. The van der Waals surface area contributed by atoms with Gasteiger partial charge in [0.25, 0.3) is 0 Å². The van der Waals surface area contributed by atoms with Gasteiger partial charge in [0.15, 0.2) is 8.29 Å². The van der Waals surface area contributed by atoms with Crippen molar-refractivity contribution in [3.63, 3.8) is 0 Å². The van der Waals surface area contributed by atoms with Crippen LogP contribution in [0.1, 0.15) is 16.7 Å². The van der Waals surface area contributed by atoms with Crippen LogP contribution in [0.2, 0.25) is 0 Å². The molecule has 1 heterocycles. The first-order chi connectivity index (χ1) is 11.2. The molecule has 0 radical (unpaired) electrons. The summed E-state index contributed by atoms with van der Waals surface area (Å²) in [5.74, 6) is 0.769. The van der Waals surface area contributed by atoms with E-state index in [2.05, 4.69) is 24.2 Å². The lowest BCUT2D eigenvalue weighted by Crippen LogP contribution is -1.98. The molecule has 0 bridgehead atoms. The first-order valence-electron chi connectivity index (χ1n) is 6.95. The second kappa shape index (κ2) is 7.09. The zero-order valence-electron chi connectivity index (χ0n) is 12.4. The highest BCUT2D eigenvalue weighted by Crippen LogP contribution is 2.28. The van der Waals surface area contributed by atoms with Gasteiger partial charge in [-0.15, -0.1) is 5.10 Å². The Kier molecular flexibility index (Phi) is 4.91. The number of para-hydroxylation sites is 1. The maximum Gasteiger partial charge on any atom is 0.184 e. The van der Waals surface area contributed by atoms with E-state index >= 15 is 0 Å². The summed E-state index contributed by atoms with van der Waals surface area (Å²) < 4.78 is 3.50. The van der Waals surface area contributed by atoms with E-state index in [0.717, 1.165) is 30.9 Å². The number of aromatic nitrogens is 2. The largest absolute Gasteiger partial charge is 0.211 e. The first-order valence-corrected chi connectivity index (χ1v) is 9.16. The smallest absolute Gasteiger partial charge is 0.184 e. The minimum atomic E-state index is 0.682. The summed E-state index contributed by atoms with van der Waals surface area (Å²) in [4.78, 5) is 0. The Morgan fingerprint density at radius 2 is 2.09 bits per heavy atom. The molecule has 0 spiro atoms. The molecule has 0 aliphatic carbocycles. The van der Waals surface area contributed by atoms with E-state index in [-0.39, 0.29) is 0 Å². The van der Waals surface area contributed by atoms with E-state index in [1.807, 2.05) is 47.1 Å². The molecule has 3 rings (SSSR count). The van der Waals surface area contributed by atoms with Crippen molar-refractivity contribution < 1.29 is 0 Å². The van der Waals surface area contributed by atoms with Gasteiger partial charge in [-0.05, 0) is 48.5 Å². The van der Waals surface area contributed by atoms with Crippen molar-refractivity contribution in [1.29, 1.82) is 5.26 Å². The van der Waals surface area contributed by atoms with E-state index in [1.165, 1.54) is 11.3 Å². The minimum absolute atomic E-state index is 0.682. The van der Waals surface area contributed by atoms with Crippen molar-refractivity contribution in [3.8, 4) is 11.8 Å². The summed E-state index contributed by atoms with van der Waals surface area (Å²) in [6.07, 6.45) is 0. The Hall–Kier alpha value is -1.94. The summed E-state index contributed by atoms with van der Waals surface area (Å²) >= 11 is 8.60. The molecule has 0 N–H and O–H groups in total. The van der Waals surface area contributed by atoms with Crippen LogP contribution in [-0.4, -0.2) is 9.78 Å². The van der Waals surface area contributed by atoms with Crippen molar-refractivity contribution in [1.82, 2.24) is 9.78 Å². The highest BCUT2D eigenvalue weighted by Gasteiger charge is 2.08. The van der Waals surface area contributed by atoms with E-state index in [4.69, 9.17) is 17.5 Å². The van der Waals surface area contributed by atoms with Crippen LogP contribution < -0.4 is 0 Å². The topological polar surface area (TPSA) is 41.6 Å². The third-order valence-electron chi connectivity index (χ3n) is 3.29. The lowest BCUT2D eigenvalue weighted by atomic mass is 10.2. The van der Waals surface area contributed by atoms with Crippen molar-refractivity contribution in [2.45, 2.75) is 17.0 Å². The van der Waals surface area contributed by atoms with E-state index in [0.29, 0.717) is 5.56 Å². The molecule has 0 aliphatic rings. The van der Waals surface area contributed by atoms with Crippen LogP contribution in [0.4, 0.5) is 0 Å². The van der Waals surface area contributed by atoms with Gasteiger partial charge >= 0.3 is 0 Å². The number of hydrogen-bond acceptors (Lipinski definition) is 5. The van der Waals surface area contributed by atoms with Crippen molar-refractivity contribution in [2.24, 2.45) is 0 Å². The number of rotatable bonds is 4. The van der Waals surface area contributed by atoms with Gasteiger partial charge in [0.05, 0.1) is 17.3 Å². The van der Waals surface area contributed by atoms with Crippen LogP contribution in [0, 0.1) is 22.2 Å². The van der Waals surface area contributed by atoms with E-state index in [9.17, 15) is 0 Å². The fourth-order valence-corrected chi connectivity index (χ4v) is 4.44. The first kappa shape index (κ1) is 15.9. The maximum atomic E-state index is 8.95. The average Bonchev–Trinajstić information content (AvgIpc) is 2.94. The minimum Gasteiger partial charge on any atom is -0.211 e. The quantitative estimate of drug-likeness (QED) is 0.480. The van der Waals surface area contributed by atoms with Crippen LogP contribution in [0.3, 0.4) is 0 Å². The SMILES string of the molecule is Cc1ccccc1-n1nc(SCc2cccc(C#N)c2)sc1=S. The summed E-state index contributed by atoms with van der Waals surface area (Å²) in [6.45, 7) is 2.05. The third kappa shape index (κ3) is 3.70. The number of thioether (sulfide) groups is 1. The van der Waals surface area contributed by atoms with E-state index < -0.39 is 0 Å². The van der Waals surface area contributed by atoms with Gasteiger partial charge in [-0.3, -0.25) is 0 Å². The number of hydrogen-bond donors (Lipinski definition) is 0. The number of nitrogens with zero attached hydrogens (tertiary/aromatic N) is 3. The molecule has 3 nitrogen and oxygen atoms in total. The van der Waals surface area contributed by atoms with Gasteiger partial charge in [-0.2, -0.15) is 5.26 Å². The molecule has 6 heteroatoms. The Morgan fingerprint density at radius 1 is 1.26 bits per heavy atom. The van der Waals surface area contributed by atoms with Crippen molar-refractivity contribution in [2.75, 3.05) is 0 Å². The van der Waals surface area contributed by atoms with E-state index in [1.54, 1.807) is 11.8 Å². The Labute approximate surface area is 148 Å². The van der Waals surface area contributed by atoms with Gasteiger partial charge in [-0.25, -0.2) is 4.68 Å². The summed E-state index contributed by atoms with van der Waals surface area (Å²) in [6, 6.07) is 17.9. The standard InChI is InChI=1S/C17H13N3S3/c1-12-5-2-3-8-15(12)20-17(21)23-16(19-20)22-11-14-7-4-6-13(9-14)10-18/h2-9H,11H2,1H3. The van der Waals surface area contributed by atoms with Gasteiger partial charge < -0.3 is 0 Å². The fourth-order valence-electron chi connectivity index (χ4n) is 2.15. The molecular formula is C17H13N3S3. The van der Waals surface area contributed by atoms with Crippen LogP contribution >= 0.6 is 35.3 Å². The molecule has 0 amide bonds. The molecule has 0 unspecified atom stereocenters. The third-order valence-corrected chi connectivity index (χ3v) is 5.73. The molecule has 0 atom stereocenters. The zero-order chi connectivity index (χ0) is 16.2. The van der Waals surface area contributed by atoms with Gasteiger partial charge in [-0.1, -0.05) is 53.4 Å². The van der Waals surface area contributed by atoms with Crippen LogP contribution in [-0.2, 0) is 5.75 Å². The number of nitriles is 1. The second-order valence-corrected chi connectivity index (χ2v) is 7.78. The molecule has 23 heavy (non-hydrogen) atoms. The van der Waals surface area contributed by atoms with Crippen LogP contribution in [0.25, 0.3) is 5.69 Å². The monoisotopic (exact) mass is 355 g/mol. The van der Waals surface area contributed by atoms with Crippen molar-refractivity contribution in [3.05, 3.63) is 69.2 Å². The number of benzene rings is 2. The van der Waals surface area contributed by atoms with Crippen LogP contribution in [0.5, 0.6) is 0 Å². The van der Waals surface area contributed by atoms with Gasteiger partial charge in [0.2, 0.25) is 0 Å². The molecule has 0 fully saturated rings. The van der Waals surface area contributed by atoms with Crippen molar-refractivity contribution >= 4 is 35.3 Å².